The summed E-state index contributed by atoms with van der Waals surface area (Å²) < 4.78 is 1.71. The van der Waals surface area contributed by atoms with Gasteiger partial charge in [-0.3, -0.25) is 9.69 Å². The first-order chi connectivity index (χ1) is 13.6. The number of rotatable bonds is 6. The van der Waals surface area contributed by atoms with Gasteiger partial charge in [-0.05, 0) is 31.9 Å². The van der Waals surface area contributed by atoms with Gasteiger partial charge in [-0.25, -0.2) is 9.50 Å². The highest BCUT2D eigenvalue weighted by atomic mass is 32.2. The third-order valence-corrected chi connectivity index (χ3v) is 5.66. The molecule has 146 valence electrons. The van der Waals surface area contributed by atoms with Gasteiger partial charge < -0.3 is 5.32 Å². The zero-order chi connectivity index (χ0) is 19.5. The molecule has 4 rings (SSSR count). The van der Waals surface area contributed by atoms with Crippen molar-refractivity contribution >= 4 is 23.4 Å². The van der Waals surface area contributed by atoms with Crippen LogP contribution in [0.1, 0.15) is 23.4 Å². The molecule has 8 heteroatoms. The van der Waals surface area contributed by atoms with Gasteiger partial charge in [0.15, 0.2) is 0 Å². The Morgan fingerprint density at radius 1 is 1.25 bits per heavy atom. The van der Waals surface area contributed by atoms with Crippen molar-refractivity contribution in [3.05, 3.63) is 53.3 Å². The molecule has 1 amide bonds. The number of nitrogens with zero attached hydrogens (tertiary/aromatic N) is 5. The van der Waals surface area contributed by atoms with Crippen LogP contribution >= 0.6 is 11.8 Å². The summed E-state index contributed by atoms with van der Waals surface area (Å²) in [5.41, 5.74) is 3.20. The van der Waals surface area contributed by atoms with Crippen molar-refractivity contribution in [3.8, 4) is 0 Å². The van der Waals surface area contributed by atoms with Crippen molar-refractivity contribution in [1.82, 2.24) is 29.8 Å². The molecule has 2 aromatic heterocycles. The molecule has 0 spiro atoms. The number of carbonyl (C=O) groups is 1. The molecule has 7 nitrogen and oxygen atoms in total. The number of hydrogen-bond donors (Lipinski definition) is 1. The lowest BCUT2D eigenvalue weighted by Crippen LogP contribution is -2.38. The maximum Gasteiger partial charge on any atom is 0.253 e. The van der Waals surface area contributed by atoms with Crippen LogP contribution in [0, 0.1) is 13.8 Å². The second-order valence-electron chi connectivity index (χ2n) is 7.21. The van der Waals surface area contributed by atoms with E-state index in [0.717, 1.165) is 37.4 Å². The summed E-state index contributed by atoms with van der Waals surface area (Å²) in [6, 6.07) is 12.6. The topological polar surface area (TPSA) is 75.4 Å². The maximum absolute atomic E-state index is 12.3. The zero-order valence-electron chi connectivity index (χ0n) is 16.1. The minimum Gasteiger partial charge on any atom is -0.351 e. The van der Waals surface area contributed by atoms with E-state index < -0.39 is 0 Å². The number of thioether (sulfide) groups is 1. The molecule has 1 saturated heterocycles. The molecule has 28 heavy (non-hydrogen) atoms. The van der Waals surface area contributed by atoms with Gasteiger partial charge >= 0.3 is 0 Å². The second kappa shape index (κ2) is 8.28. The number of aromatic nitrogens is 4. The highest BCUT2D eigenvalue weighted by molar-refractivity contribution is 7.99. The normalized spacial score (nSPS) is 17.3. The van der Waals surface area contributed by atoms with Crippen LogP contribution in [0.15, 0.2) is 41.6 Å². The number of amides is 1. The Bertz CT molecular complexity index is 973. The van der Waals surface area contributed by atoms with Crippen LogP contribution in [0.25, 0.3) is 5.78 Å². The first kappa shape index (κ1) is 18.9. The summed E-state index contributed by atoms with van der Waals surface area (Å²) >= 11 is 1.35. The Balaban J connectivity index is 1.26. The van der Waals surface area contributed by atoms with E-state index in [1.165, 1.54) is 17.3 Å². The molecular weight excluding hydrogens is 372 g/mol. The maximum atomic E-state index is 12.3. The van der Waals surface area contributed by atoms with Gasteiger partial charge in [-0.1, -0.05) is 42.1 Å². The average Bonchev–Trinajstić information content (AvgIpc) is 3.27. The Morgan fingerprint density at radius 3 is 2.89 bits per heavy atom. The number of carbonyl (C=O) groups excluding carboxylic acids is 1. The quantitative estimate of drug-likeness (QED) is 0.644. The van der Waals surface area contributed by atoms with Crippen LogP contribution in [0.2, 0.25) is 0 Å². The summed E-state index contributed by atoms with van der Waals surface area (Å²) in [4.78, 5) is 23.5. The van der Waals surface area contributed by atoms with Crippen LogP contribution in [0.4, 0.5) is 0 Å². The lowest BCUT2D eigenvalue weighted by Gasteiger charge is -2.16. The van der Waals surface area contributed by atoms with E-state index >= 15 is 0 Å². The molecule has 1 aliphatic rings. The molecule has 3 aromatic rings. The largest absolute Gasteiger partial charge is 0.351 e. The van der Waals surface area contributed by atoms with Crippen LogP contribution < -0.4 is 5.32 Å². The molecular formula is C20H24N6OS. The summed E-state index contributed by atoms with van der Waals surface area (Å²) in [5, 5.41) is 8.15. The standard InChI is InChI=1S/C20H24N6OS/c1-14-10-15(2)26-19(21-14)23-20(24-26)28-13-18(27)22-17-8-9-25(12-17)11-16-6-4-3-5-7-16/h3-7,10,17H,8-9,11-13H2,1-2H3,(H,22,27). The molecule has 1 aliphatic heterocycles. The monoisotopic (exact) mass is 396 g/mol. The van der Waals surface area contributed by atoms with Gasteiger partial charge in [0.2, 0.25) is 11.1 Å². The number of nitrogens with one attached hydrogen (secondary N) is 1. The smallest absolute Gasteiger partial charge is 0.253 e. The lowest BCUT2D eigenvalue weighted by atomic mass is 10.2. The Labute approximate surface area is 168 Å². The van der Waals surface area contributed by atoms with Crippen molar-refractivity contribution in [2.45, 2.75) is 38.0 Å². The third kappa shape index (κ3) is 4.51. The molecule has 3 heterocycles. The SMILES string of the molecule is Cc1cc(C)n2nc(SCC(=O)NC3CCN(Cc4ccccc4)C3)nc2n1. The Kier molecular flexibility index (Phi) is 5.59. The predicted octanol–water partition coefficient (Wildman–Crippen LogP) is 2.22. The number of benzene rings is 1. The molecule has 0 aliphatic carbocycles. The Morgan fingerprint density at radius 2 is 2.07 bits per heavy atom. The zero-order valence-corrected chi connectivity index (χ0v) is 16.9. The van der Waals surface area contributed by atoms with Crippen molar-refractivity contribution < 1.29 is 4.79 Å². The molecule has 1 fully saturated rings. The third-order valence-electron chi connectivity index (χ3n) is 4.82. The van der Waals surface area contributed by atoms with E-state index in [-0.39, 0.29) is 11.9 Å². The lowest BCUT2D eigenvalue weighted by molar-refractivity contribution is -0.119. The van der Waals surface area contributed by atoms with E-state index in [0.29, 0.717) is 16.7 Å². The van der Waals surface area contributed by atoms with Gasteiger partial charge in [0.25, 0.3) is 5.78 Å². The van der Waals surface area contributed by atoms with E-state index in [1.807, 2.05) is 26.0 Å². The fraction of sp³-hybridized carbons (Fsp3) is 0.400. The predicted molar refractivity (Wildman–Crippen MR) is 109 cm³/mol. The van der Waals surface area contributed by atoms with E-state index in [9.17, 15) is 4.79 Å². The molecule has 0 bridgehead atoms. The van der Waals surface area contributed by atoms with E-state index in [1.54, 1.807) is 4.52 Å². The highest BCUT2D eigenvalue weighted by Crippen LogP contribution is 2.17. The summed E-state index contributed by atoms with van der Waals surface area (Å²) in [5.74, 6) is 0.911. The Hall–Kier alpha value is -2.45. The summed E-state index contributed by atoms with van der Waals surface area (Å²) in [6.45, 7) is 6.73. The average molecular weight is 397 g/mol. The van der Waals surface area contributed by atoms with Crippen LogP contribution in [-0.2, 0) is 11.3 Å². The van der Waals surface area contributed by atoms with Gasteiger partial charge in [0.1, 0.15) is 0 Å². The summed E-state index contributed by atoms with van der Waals surface area (Å²) in [6.07, 6.45) is 0.984. The van der Waals surface area contributed by atoms with Crippen LogP contribution in [0.5, 0.6) is 0 Å². The van der Waals surface area contributed by atoms with Crippen molar-refractivity contribution in [2.75, 3.05) is 18.8 Å². The highest BCUT2D eigenvalue weighted by Gasteiger charge is 2.24. The second-order valence-corrected chi connectivity index (χ2v) is 8.15. The number of likely N-dealkylation sites (tertiary alicyclic amines) is 1. The minimum atomic E-state index is 0.0243. The number of hydrogen-bond acceptors (Lipinski definition) is 6. The molecule has 0 radical (unpaired) electrons. The number of fused-ring (bicyclic) bond motifs is 1. The molecule has 1 aromatic carbocycles. The van der Waals surface area contributed by atoms with E-state index in [4.69, 9.17) is 0 Å². The molecule has 1 N–H and O–H groups in total. The van der Waals surface area contributed by atoms with Gasteiger partial charge in [0.05, 0.1) is 5.75 Å². The number of aryl methyl sites for hydroxylation is 2. The molecule has 1 unspecified atom stereocenters. The first-order valence-electron chi connectivity index (χ1n) is 9.46. The van der Waals surface area contributed by atoms with Crippen molar-refractivity contribution in [3.63, 3.8) is 0 Å². The van der Waals surface area contributed by atoms with Crippen LogP contribution in [0.3, 0.4) is 0 Å². The minimum absolute atomic E-state index is 0.0243. The van der Waals surface area contributed by atoms with Crippen molar-refractivity contribution in [2.24, 2.45) is 0 Å². The van der Waals surface area contributed by atoms with Crippen LogP contribution in [-0.4, -0.2) is 55.3 Å². The van der Waals surface area contributed by atoms with Gasteiger partial charge in [0, 0.05) is 37.1 Å². The summed E-state index contributed by atoms with van der Waals surface area (Å²) in [7, 11) is 0. The van der Waals surface area contributed by atoms with E-state index in [2.05, 4.69) is 49.5 Å². The van der Waals surface area contributed by atoms with Gasteiger partial charge in [-0.2, -0.15) is 4.98 Å². The van der Waals surface area contributed by atoms with Gasteiger partial charge in [-0.15, -0.1) is 5.10 Å². The fourth-order valence-corrected chi connectivity index (χ4v) is 4.17. The van der Waals surface area contributed by atoms with Crippen molar-refractivity contribution in [1.29, 1.82) is 0 Å². The first-order valence-corrected chi connectivity index (χ1v) is 10.4. The molecule has 0 saturated carbocycles. The fourth-order valence-electron chi connectivity index (χ4n) is 3.54. The molecule has 1 atom stereocenters.